The normalized spacial score (nSPS) is 16.7. The standard InChI is InChI=1S/C33H41F2N3O5S.C2HF3O2/c1-2-3-19-42-28-10-6-7-25(22-28)33(34,35)31(32(39)38-17-15-26(36)16-18-38)37-44(40,41)30-14-12-23-20-29(13-11-24(23)21-30)43-27-8-4-5-9-27;3-2(4,5)1(6)7/h6-7,10-14,20-22,26-27,31,37H,2-5,8-9,15-19,36H2,1H3;(H,6,7)/t31-;/m0./s1. The van der Waals surface area contributed by atoms with Crippen LogP contribution in [0.25, 0.3) is 10.8 Å². The average Bonchev–Trinajstić information content (AvgIpc) is 3.60. The summed E-state index contributed by atoms with van der Waals surface area (Å²) in [6.45, 7) is 2.66. The van der Waals surface area contributed by atoms with Crippen molar-refractivity contribution in [3.63, 3.8) is 0 Å². The number of sulfonamides is 1. The first-order valence-corrected chi connectivity index (χ1v) is 18.2. The lowest BCUT2D eigenvalue weighted by Gasteiger charge is -2.35. The van der Waals surface area contributed by atoms with Crippen LogP contribution in [0.3, 0.4) is 0 Å². The van der Waals surface area contributed by atoms with Gasteiger partial charge in [-0.25, -0.2) is 13.2 Å². The fourth-order valence-electron chi connectivity index (χ4n) is 5.74. The lowest BCUT2D eigenvalue weighted by molar-refractivity contribution is -0.192. The highest BCUT2D eigenvalue weighted by atomic mass is 32.2. The monoisotopic (exact) mass is 743 g/mol. The van der Waals surface area contributed by atoms with Crippen LogP contribution in [0.15, 0.2) is 65.6 Å². The van der Waals surface area contributed by atoms with E-state index < -0.39 is 45.6 Å². The van der Waals surface area contributed by atoms with Crippen molar-refractivity contribution in [1.29, 1.82) is 0 Å². The number of alkyl halides is 5. The van der Waals surface area contributed by atoms with E-state index in [1.807, 2.05) is 13.0 Å². The minimum absolute atomic E-state index is 0.145. The molecule has 1 aliphatic carbocycles. The number of carboxylic acid groups (broad SMARTS) is 1. The number of benzene rings is 3. The molecule has 4 N–H and O–H groups in total. The Labute approximate surface area is 293 Å². The van der Waals surface area contributed by atoms with E-state index in [1.54, 1.807) is 24.3 Å². The van der Waals surface area contributed by atoms with Crippen molar-refractivity contribution in [1.82, 2.24) is 9.62 Å². The maximum atomic E-state index is 16.3. The van der Waals surface area contributed by atoms with Crippen LogP contribution in [0.1, 0.15) is 63.9 Å². The number of likely N-dealkylation sites (tertiary alicyclic amines) is 1. The number of aliphatic carboxylic acids is 1. The number of rotatable bonds is 12. The molecule has 280 valence electrons. The van der Waals surface area contributed by atoms with E-state index in [9.17, 15) is 26.4 Å². The third kappa shape index (κ3) is 10.7. The minimum atomic E-state index is -5.08. The van der Waals surface area contributed by atoms with Gasteiger partial charge in [-0.1, -0.05) is 37.6 Å². The van der Waals surface area contributed by atoms with Gasteiger partial charge < -0.3 is 25.2 Å². The number of unbranched alkanes of at least 4 members (excludes halogenated alkanes) is 1. The van der Waals surface area contributed by atoms with Crippen LogP contribution in [0, 0.1) is 0 Å². The van der Waals surface area contributed by atoms with Gasteiger partial charge in [0, 0.05) is 24.7 Å². The fourth-order valence-corrected chi connectivity index (χ4v) is 6.96. The van der Waals surface area contributed by atoms with Crippen LogP contribution in [0.4, 0.5) is 22.0 Å². The fraction of sp³-hybridized carbons (Fsp3) is 0.486. The Morgan fingerprint density at radius 3 is 2.20 bits per heavy atom. The second kappa shape index (κ2) is 17.0. The molecule has 3 aromatic rings. The lowest BCUT2D eigenvalue weighted by atomic mass is 9.98. The molecule has 0 radical (unpaired) electrons. The van der Waals surface area contributed by atoms with Crippen molar-refractivity contribution in [3.05, 3.63) is 66.2 Å². The van der Waals surface area contributed by atoms with E-state index >= 15 is 8.78 Å². The van der Waals surface area contributed by atoms with E-state index in [4.69, 9.17) is 25.1 Å². The number of carboxylic acids is 1. The molecule has 3 aromatic carbocycles. The molecule has 2 fully saturated rings. The predicted octanol–water partition coefficient (Wildman–Crippen LogP) is 6.36. The molecule has 0 spiro atoms. The summed E-state index contributed by atoms with van der Waals surface area (Å²) in [6.07, 6.45) is 1.88. The number of piperidine rings is 1. The summed E-state index contributed by atoms with van der Waals surface area (Å²) in [5.74, 6) is -6.73. The summed E-state index contributed by atoms with van der Waals surface area (Å²) in [5.41, 5.74) is 5.45. The molecule has 0 bridgehead atoms. The highest BCUT2D eigenvalue weighted by molar-refractivity contribution is 7.89. The van der Waals surface area contributed by atoms with Crippen LogP contribution in [0.5, 0.6) is 11.5 Å². The smallest absolute Gasteiger partial charge is 0.490 e. The number of halogens is 5. The third-order valence-corrected chi connectivity index (χ3v) is 10.1. The number of carbonyl (C=O) groups is 2. The van der Waals surface area contributed by atoms with Gasteiger partial charge in [0.2, 0.25) is 15.9 Å². The topological polar surface area (TPSA) is 148 Å². The van der Waals surface area contributed by atoms with Crippen molar-refractivity contribution < 1.29 is 54.5 Å². The maximum absolute atomic E-state index is 16.3. The minimum Gasteiger partial charge on any atom is -0.494 e. The SMILES string of the molecule is CCCCOc1cccc(C(F)(F)[C@@H](NS(=O)(=O)c2ccc3cc(OC4CCCC4)ccc3c2)C(=O)N2CCC(N)CC2)c1.O=C(O)C(F)(F)F. The third-order valence-electron chi connectivity index (χ3n) is 8.66. The van der Waals surface area contributed by atoms with Crippen LogP contribution in [-0.2, 0) is 25.5 Å². The van der Waals surface area contributed by atoms with Crippen molar-refractivity contribution in [2.24, 2.45) is 5.73 Å². The molecule has 51 heavy (non-hydrogen) atoms. The Morgan fingerprint density at radius 2 is 1.57 bits per heavy atom. The second-order valence-corrected chi connectivity index (χ2v) is 14.3. The van der Waals surface area contributed by atoms with Crippen LogP contribution in [-0.4, -0.2) is 74.4 Å². The number of hydrogen-bond acceptors (Lipinski definition) is 7. The number of ether oxygens (including phenoxy) is 2. The molecule has 0 unspecified atom stereocenters. The molecular weight excluding hydrogens is 701 g/mol. The van der Waals surface area contributed by atoms with Crippen LogP contribution in [0.2, 0.25) is 0 Å². The van der Waals surface area contributed by atoms with Gasteiger partial charge in [-0.05, 0) is 92.1 Å². The molecule has 1 saturated heterocycles. The summed E-state index contributed by atoms with van der Waals surface area (Å²) < 4.78 is 105. The molecular formula is C35H42F5N3O7S. The number of nitrogens with zero attached hydrogens (tertiary/aromatic N) is 1. The first kappa shape index (κ1) is 39.8. The van der Waals surface area contributed by atoms with E-state index in [0.29, 0.717) is 30.6 Å². The summed E-state index contributed by atoms with van der Waals surface area (Å²) in [4.78, 5) is 23.6. The van der Waals surface area contributed by atoms with Gasteiger partial charge in [-0.2, -0.15) is 26.7 Å². The van der Waals surface area contributed by atoms with E-state index in [-0.39, 0.29) is 35.9 Å². The Hall–Kier alpha value is -4.02. The Balaban J connectivity index is 0.000000755. The van der Waals surface area contributed by atoms with Gasteiger partial charge in [0.05, 0.1) is 17.6 Å². The predicted molar refractivity (Wildman–Crippen MR) is 179 cm³/mol. The molecule has 10 nitrogen and oxygen atoms in total. The summed E-state index contributed by atoms with van der Waals surface area (Å²) in [7, 11) is -4.56. The highest BCUT2D eigenvalue weighted by Gasteiger charge is 2.50. The molecule has 1 amide bonds. The quantitative estimate of drug-likeness (QED) is 0.143. The van der Waals surface area contributed by atoms with Crippen molar-refractivity contribution in [2.45, 2.75) is 93.5 Å². The molecule has 5 rings (SSSR count). The summed E-state index contributed by atoms with van der Waals surface area (Å²) in [6, 6.07) is 12.5. The Morgan fingerprint density at radius 1 is 0.941 bits per heavy atom. The molecule has 2 aliphatic rings. The number of fused-ring (bicyclic) bond motifs is 1. The molecule has 1 aliphatic heterocycles. The maximum Gasteiger partial charge on any atom is 0.490 e. The summed E-state index contributed by atoms with van der Waals surface area (Å²) in [5, 5.41) is 8.48. The molecule has 0 aromatic heterocycles. The molecule has 1 heterocycles. The van der Waals surface area contributed by atoms with Crippen molar-refractivity contribution in [3.8, 4) is 11.5 Å². The zero-order valence-corrected chi connectivity index (χ0v) is 28.8. The number of nitrogens with two attached hydrogens (primary N) is 1. The second-order valence-electron chi connectivity index (χ2n) is 12.6. The molecule has 16 heteroatoms. The van der Waals surface area contributed by atoms with Gasteiger partial charge in [-0.15, -0.1) is 0 Å². The Kier molecular flexibility index (Phi) is 13.3. The van der Waals surface area contributed by atoms with Crippen molar-refractivity contribution >= 4 is 32.7 Å². The van der Waals surface area contributed by atoms with Gasteiger partial charge >= 0.3 is 12.1 Å². The average molecular weight is 744 g/mol. The Bertz CT molecular complexity index is 1760. The summed E-state index contributed by atoms with van der Waals surface area (Å²) >= 11 is 0. The zero-order valence-electron chi connectivity index (χ0n) is 28.0. The lowest BCUT2D eigenvalue weighted by Crippen LogP contribution is -2.57. The van der Waals surface area contributed by atoms with Gasteiger partial charge in [0.25, 0.3) is 5.92 Å². The van der Waals surface area contributed by atoms with Gasteiger partial charge in [-0.3, -0.25) is 4.79 Å². The number of carbonyl (C=O) groups excluding carboxylic acids is 1. The van der Waals surface area contributed by atoms with Crippen LogP contribution < -0.4 is 19.9 Å². The van der Waals surface area contributed by atoms with Crippen molar-refractivity contribution in [2.75, 3.05) is 19.7 Å². The zero-order chi connectivity index (χ0) is 37.4. The number of hydrogen-bond donors (Lipinski definition) is 3. The highest BCUT2D eigenvalue weighted by Crippen LogP contribution is 2.36. The first-order chi connectivity index (χ1) is 24.0. The number of amides is 1. The largest absolute Gasteiger partial charge is 0.494 e. The molecule has 1 atom stereocenters. The van der Waals surface area contributed by atoms with Gasteiger partial charge in [0.1, 0.15) is 11.5 Å². The van der Waals surface area contributed by atoms with E-state index in [0.717, 1.165) is 50.0 Å². The van der Waals surface area contributed by atoms with E-state index in [2.05, 4.69) is 4.72 Å². The first-order valence-electron chi connectivity index (χ1n) is 16.7. The van der Waals surface area contributed by atoms with Gasteiger partial charge in [0.15, 0.2) is 6.04 Å². The number of nitrogens with one attached hydrogen (secondary N) is 1. The molecule has 1 saturated carbocycles. The van der Waals surface area contributed by atoms with E-state index in [1.165, 1.54) is 29.2 Å². The van der Waals surface area contributed by atoms with Crippen LogP contribution >= 0.6 is 0 Å².